The maximum Gasteiger partial charge on any atom is 0.214 e. The van der Waals surface area contributed by atoms with Crippen molar-refractivity contribution in [3.8, 4) is 0 Å². The average Bonchev–Trinajstić information content (AvgIpc) is 3.92. The highest BCUT2D eigenvalue weighted by Crippen LogP contribution is 2.39. The second kappa shape index (κ2) is 25.5. The molecular formula is C42H68Cl2N4O25. The molecule has 0 saturated carbocycles. The highest BCUT2D eigenvalue weighted by Gasteiger charge is 2.59. The molecule has 0 radical (unpaired) electrons. The number of alkyl halides is 2. The summed E-state index contributed by atoms with van der Waals surface area (Å²) in [4.78, 5) is 0. The number of rotatable bonds is 20. The number of aliphatic hydroxyl groups is 16. The molecule has 1 aliphatic carbocycles. The quantitative estimate of drug-likeness (QED) is 0.0327. The first kappa shape index (κ1) is 59.1. The Morgan fingerprint density at radius 1 is 0.712 bits per heavy atom. The number of halogens is 2. The molecule has 31 heteroatoms. The van der Waals surface area contributed by atoms with Gasteiger partial charge in [0.2, 0.25) is 5.79 Å². The minimum Gasteiger partial charge on any atom is -0.394 e. The van der Waals surface area contributed by atoms with Crippen LogP contribution in [0.3, 0.4) is 0 Å². The largest absolute Gasteiger partial charge is 0.394 e. The number of hydrogen-bond donors (Lipinski definition) is 17. The van der Waals surface area contributed by atoms with Gasteiger partial charge >= 0.3 is 0 Å². The molecule has 5 fully saturated rings. The molecule has 5 saturated heterocycles. The van der Waals surface area contributed by atoms with E-state index in [-0.39, 0.29) is 38.0 Å². The van der Waals surface area contributed by atoms with Crippen LogP contribution in [0.2, 0.25) is 0 Å². The molecule has 73 heavy (non-hydrogen) atoms. The SMILES string of the molecule is CC1O[C@H](O[C@@H]2C(CO)O[C@H](O[C@@H]3C(CO)O[C@@H](OCCCc4cn(C[C@H]5O[C@@](CCl)(O[C@H]6O[C@H](CO)[C@H](Cl)[C@H](O)[C@H]6O)[C@@H](O)[C@@H]5O)nn4)C(O)C3O)C(O)C2O)C(O)C[C@@H]1N[C@H]1C=C(CO)[C@@H](O)[C@H](O)[C@H]1O. The summed E-state index contributed by atoms with van der Waals surface area (Å²) in [6.07, 6.45) is -32.2. The van der Waals surface area contributed by atoms with Crippen LogP contribution >= 0.6 is 23.2 Å². The summed E-state index contributed by atoms with van der Waals surface area (Å²) in [6, 6.07) is -1.61. The summed E-state index contributed by atoms with van der Waals surface area (Å²) in [5.74, 6) is -2.70. The Morgan fingerprint density at radius 3 is 1.95 bits per heavy atom. The molecule has 0 bridgehead atoms. The third-order valence-corrected chi connectivity index (χ3v) is 14.9. The fraction of sp³-hybridized carbons (Fsp3) is 0.905. The summed E-state index contributed by atoms with van der Waals surface area (Å²) in [5.41, 5.74) is 0.511. The molecule has 420 valence electrons. The lowest BCUT2D eigenvalue weighted by molar-refractivity contribution is -0.373. The number of nitrogens with zero attached hydrogens (tertiary/aromatic N) is 3. The lowest BCUT2D eigenvalue weighted by Gasteiger charge is -2.48. The van der Waals surface area contributed by atoms with Gasteiger partial charge in [-0.05, 0) is 31.8 Å². The molecule has 17 N–H and O–H groups in total. The van der Waals surface area contributed by atoms with Crippen molar-refractivity contribution >= 4 is 23.2 Å². The molecule has 6 aliphatic rings. The molecule has 0 amide bonds. The van der Waals surface area contributed by atoms with Gasteiger partial charge in [0.15, 0.2) is 25.2 Å². The van der Waals surface area contributed by atoms with Crippen molar-refractivity contribution in [2.24, 2.45) is 0 Å². The summed E-state index contributed by atoms with van der Waals surface area (Å²) < 4.78 is 53.0. The van der Waals surface area contributed by atoms with Crippen LogP contribution < -0.4 is 5.32 Å². The van der Waals surface area contributed by atoms with E-state index in [1.807, 2.05) is 0 Å². The number of ether oxygens (including phenoxy) is 9. The van der Waals surface area contributed by atoms with E-state index in [1.165, 1.54) is 17.0 Å². The van der Waals surface area contributed by atoms with Gasteiger partial charge in [0.05, 0.1) is 68.7 Å². The minimum atomic E-state index is -2.13. The first-order chi connectivity index (χ1) is 34.7. The smallest absolute Gasteiger partial charge is 0.214 e. The lowest BCUT2D eigenvalue weighted by Crippen LogP contribution is -2.66. The second-order valence-corrected chi connectivity index (χ2v) is 19.7. The van der Waals surface area contributed by atoms with Crippen molar-refractivity contribution < 1.29 is 124 Å². The Hall–Kier alpha value is -1.58. The minimum absolute atomic E-state index is 0.0632. The number of aliphatic hydroxyl groups excluding tert-OH is 16. The molecule has 1 aromatic rings. The number of aromatic nitrogens is 3. The van der Waals surface area contributed by atoms with Gasteiger partial charge < -0.3 is 130 Å². The Bertz CT molecular complexity index is 1920. The Labute approximate surface area is 426 Å². The number of hydrogen-bond acceptors (Lipinski definition) is 28. The molecule has 0 aromatic carbocycles. The van der Waals surface area contributed by atoms with E-state index in [0.29, 0.717) is 5.69 Å². The zero-order chi connectivity index (χ0) is 53.2. The van der Waals surface area contributed by atoms with Gasteiger partial charge in [0.25, 0.3) is 0 Å². The van der Waals surface area contributed by atoms with Crippen molar-refractivity contribution in [3.63, 3.8) is 0 Å². The number of aryl methyl sites for hydroxylation is 1. The zero-order valence-electron chi connectivity index (χ0n) is 39.2. The van der Waals surface area contributed by atoms with Crippen molar-refractivity contribution in [3.05, 3.63) is 23.5 Å². The van der Waals surface area contributed by atoms with Gasteiger partial charge in [0, 0.05) is 12.2 Å². The van der Waals surface area contributed by atoms with E-state index in [2.05, 4.69) is 15.6 Å². The van der Waals surface area contributed by atoms with Crippen LogP contribution in [0.1, 0.15) is 25.5 Å². The Kier molecular flexibility index (Phi) is 20.6. The highest BCUT2D eigenvalue weighted by atomic mass is 35.5. The fourth-order valence-electron chi connectivity index (χ4n) is 9.63. The van der Waals surface area contributed by atoms with Crippen molar-refractivity contribution in [1.82, 2.24) is 20.3 Å². The normalized spacial score (nSPS) is 47.7. The van der Waals surface area contributed by atoms with Gasteiger partial charge in [-0.15, -0.1) is 28.3 Å². The van der Waals surface area contributed by atoms with E-state index in [1.54, 1.807) is 6.92 Å². The zero-order valence-corrected chi connectivity index (χ0v) is 40.7. The lowest BCUT2D eigenvalue weighted by atomic mass is 9.87. The van der Waals surface area contributed by atoms with Gasteiger partial charge in [0.1, 0.15) is 110 Å². The van der Waals surface area contributed by atoms with Crippen LogP contribution in [0.5, 0.6) is 0 Å². The summed E-state index contributed by atoms with van der Waals surface area (Å²) in [7, 11) is 0. The molecule has 0 spiro atoms. The topological polar surface area (TPSA) is 449 Å². The fourth-order valence-corrected chi connectivity index (χ4v) is 10.2. The summed E-state index contributed by atoms with van der Waals surface area (Å²) >= 11 is 12.2. The predicted molar refractivity (Wildman–Crippen MR) is 237 cm³/mol. The molecule has 5 aliphatic heterocycles. The first-order valence-electron chi connectivity index (χ1n) is 23.8. The molecule has 29 nitrogen and oxygen atoms in total. The van der Waals surface area contributed by atoms with Crippen LogP contribution in [0, 0.1) is 0 Å². The van der Waals surface area contributed by atoms with Gasteiger partial charge in [-0.3, -0.25) is 0 Å². The van der Waals surface area contributed by atoms with E-state index in [4.69, 9.17) is 65.8 Å². The molecule has 6 heterocycles. The van der Waals surface area contributed by atoms with Crippen LogP contribution in [0.15, 0.2) is 17.8 Å². The van der Waals surface area contributed by atoms with Gasteiger partial charge in [-0.25, -0.2) is 4.68 Å². The number of nitrogens with one attached hydrogen (secondary N) is 1. The molecule has 8 unspecified atom stereocenters. The van der Waals surface area contributed by atoms with Crippen LogP contribution in [-0.2, 0) is 55.6 Å². The maximum absolute atomic E-state index is 11.2. The van der Waals surface area contributed by atoms with Crippen LogP contribution in [0.25, 0.3) is 0 Å². The van der Waals surface area contributed by atoms with E-state index in [9.17, 15) is 81.7 Å². The highest BCUT2D eigenvalue weighted by molar-refractivity contribution is 6.21. The third-order valence-electron chi connectivity index (χ3n) is 14.0. The maximum atomic E-state index is 11.2. The second-order valence-electron chi connectivity index (χ2n) is 19.0. The molecule has 7 rings (SSSR count). The summed E-state index contributed by atoms with van der Waals surface area (Å²) in [6.45, 7) is -1.48. The molecule has 1 aromatic heterocycles. The van der Waals surface area contributed by atoms with Gasteiger partial charge in [-0.2, -0.15) is 0 Å². The van der Waals surface area contributed by atoms with E-state index < -0.39 is 197 Å². The van der Waals surface area contributed by atoms with Crippen LogP contribution in [0.4, 0.5) is 0 Å². The standard InChI is InChI=1S/C42H68Cl2N4O25/c1-14-17(45-18-5-15(9-49)25(54)29(58)26(18)55)6-19(53)38(66-14)70-35-23(12-52)69-40(34(63)31(35)60)71-36-22(11-51)68-39(33(62)30(36)59)65-4-2-3-16-7-48(47-46-16)8-20-27(56)37(64)42(13-43,72-20)73-41-32(61)28(57)24(44)21(10-50)67-41/h5,7,14,17-41,45,49-64H,2-4,6,8-13H2,1H3/t14?,17-,18-,19?,20+,21+,22?,23?,24-,25+,26-,27+,28-,29-,30?,31?,32+,33?,34?,35+,36+,37-,38+,39+,40+,41+,42-/m0/s1. The van der Waals surface area contributed by atoms with Crippen molar-refractivity contribution in [1.29, 1.82) is 0 Å². The Balaban J connectivity index is 0.866. The van der Waals surface area contributed by atoms with Crippen LogP contribution in [-0.4, -0.2) is 300 Å². The Morgan fingerprint density at radius 2 is 1.32 bits per heavy atom. The molecular weight excluding hydrogens is 1030 g/mol. The predicted octanol–water partition coefficient (Wildman–Crippen LogP) is -9.17. The average molecular weight is 1100 g/mol. The molecule has 27 atom stereocenters. The van der Waals surface area contributed by atoms with Crippen molar-refractivity contribution in [2.45, 2.75) is 197 Å². The van der Waals surface area contributed by atoms with E-state index in [0.717, 1.165) is 0 Å². The van der Waals surface area contributed by atoms with Crippen molar-refractivity contribution in [2.75, 3.05) is 38.9 Å². The first-order valence-corrected chi connectivity index (χ1v) is 24.7. The summed E-state index contributed by atoms with van der Waals surface area (Å²) in [5, 5.41) is 179. The monoisotopic (exact) mass is 1100 g/mol. The van der Waals surface area contributed by atoms with Gasteiger partial charge in [-0.1, -0.05) is 11.3 Å². The third kappa shape index (κ3) is 12.7. The van der Waals surface area contributed by atoms with E-state index >= 15 is 0 Å².